The summed E-state index contributed by atoms with van der Waals surface area (Å²) in [5, 5.41) is 14.4. The third kappa shape index (κ3) is 2.10. The van der Waals surface area contributed by atoms with Crippen LogP contribution in [0.2, 0.25) is 0 Å². The first-order valence-electron chi connectivity index (χ1n) is 6.86. The van der Waals surface area contributed by atoms with Crippen molar-refractivity contribution in [2.24, 2.45) is 10.4 Å². The summed E-state index contributed by atoms with van der Waals surface area (Å²) in [6, 6.07) is 0.122. The van der Waals surface area contributed by atoms with Crippen molar-refractivity contribution in [3.63, 3.8) is 0 Å². The molecule has 106 valence electrons. The van der Waals surface area contributed by atoms with E-state index in [4.69, 9.17) is 0 Å². The van der Waals surface area contributed by atoms with E-state index in [2.05, 4.69) is 21.3 Å². The van der Waals surface area contributed by atoms with Crippen LogP contribution in [0.15, 0.2) is 41.2 Å². The Morgan fingerprint density at radius 1 is 1.45 bits per heavy atom. The predicted molar refractivity (Wildman–Crippen MR) is 77.1 cm³/mol. The Balaban J connectivity index is 1.96. The number of hydrogen-bond donors (Lipinski definition) is 1. The average Bonchev–Trinajstić information content (AvgIpc) is 2.46. The molecule has 0 bridgehead atoms. The Kier molecular flexibility index (Phi) is 3.27. The molecule has 2 unspecified atom stereocenters. The Morgan fingerprint density at radius 2 is 2.20 bits per heavy atom. The molecule has 0 radical (unpaired) electrons. The van der Waals surface area contributed by atoms with E-state index in [1.807, 2.05) is 13.1 Å². The number of allylic oxidation sites excluding steroid dienone is 2. The van der Waals surface area contributed by atoms with Crippen molar-refractivity contribution >= 4 is 5.71 Å². The third-order valence-electron chi connectivity index (χ3n) is 4.26. The largest absolute Gasteiger partial charge is 0.314 e. The molecule has 0 amide bonds. The van der Waals surface area contributed by atoms with Crippen LogP contribution in [-0.4, -0.2) is 47.8 Å². The van der Waals surface area contributed by atoms with Gasteiger partial charge in [0.2, 0.25) is 0 Å². The number of nitro groups is 1. The van der Waals surface area contributed by atoms with Crippen molar-refractivity contribution in [3.05, 3.63) is 46.3 Å². The van der Waals surface area contributed by atoms with E-state index >= 15 is 0 Å². The van der Waals surface area contributed by atoms with Gasteiger partial charge >= 0.3 is 0 Å². The van der Waals surface area contributed by atoms with Gasteiger partial charge in [-0.15, -0.1) is 0 Å². The van der Waals surface area contributed by atoms with Gasteiger partial charge in [-0.2, -0.15) is 0 Å². The molecule has 3 aliphatic rings. The van der Waals surface area contributed by atoms with Crippen molar-refractivity contribution in [2.45, 2.75) is 13.0 Å². The van der Waals surface area contributed by atoms with Gasteiger partial charge in [-0.3, -0.25) is 20.0 Å². The summed E-state index contributed by atoms with van der Waals surface area (Å²) in [5.74, 6) is 0. The molecule has 1 fully saturated rings. The van der Waals surface area contributed by atoms with Gasteiger partial charge in [0, 0.05) is 50.6 Å². The topological polar surface area (TPSA) is 70.8 Å². The molecule has 2 atom stereocenters. The number of piperazine rings is 1. The molecule has 6 nitrogen and oxygen atoms in total. The van der Waals surface area contributed by atoms with E-state index < -0.39 is 5.41 Å². The van der Waals surface area contributed by atoms with E-state index in [1.54, 1.807) is 12.2 Å². The summed E-state index contributed by atoms with van der Waals surface area (Å²) in [5.41, 5.74) is 0.625. The molecular weight excluding hydrogens is 256 g/mol. The monoisotopic (exact) mass is 274 g/mol. The lowest BCUT2D eigenvalue weighted by Gasteiger charge is -2.44. The van der Waals surface area contributed by atoms with Gasteiger partial charge in [-0.25, -0.2) is 0 Å². The molecule has 0 saturated carbocycles. The highest BCUT2D eigenvalue weighted by molar-refractivity contribution is 6.04. The van der Waals surface area contributed by atoms with Gasteiger partial charge in [0.05, 0.1) is 16.0 Å². The smallest absolute Gasteiger partial charge is 0.266 e. The maximum absolute atomic E-state index is 11.1. The van der Waals surface area contributed by atoms with Crippen LogP contribution in [0.1, 0.15) is 6.92 Å². The van der Waals surface area contributed by atoms with Crippen molar-refractivity contribution in [3.8, 4) is 0 Å². The second-order valence-corrected chi connectivity index (χ2v) is 5.53. The van der Waals surface area contributed by atoms with Crippen LogP contribution in [0.25, 0.3) is 0 Å². The Bertz CT molecular complexity index is 543. The van der Waals surface area contributed by atoms with Gasteiger partial charge in [-0.05, 0) is 19.1 Å². The highest BCUT2D eigenvalue weighted by Gasteiger charge is 2.43. The minimum atomic E-state index is -0.427. The summed E-state index contributed by atoms with van der Waals surface area (Å²) in [4.78, 5) is 17.5. The van der Waals surface area contributed by atoms with E-state index in [1.165, 1.54) is 6.08 Å². The minimum absolute atomic E-state index is 0.122. The maximum atomic E-state index is 11.1. The predicted octanol–water partition coefficient (Wildman–Crippen LogP) is 0.965. The van der Waals surface area contributed by atoms with Gasteiger partial charge in [-0.1, -0.05) is 0 Å². The SMILES string of the molecule is CC12C=C([N+](=O)[O-])C=CC1=NC=CC2N1CCNCC1. The second kappa shape index (κ2) is 4.96. The molecule has 3 rings (SSSR count). The number of aliphatic imine (C=N–C) groups is 1. The second-order valence-electron chi connectivity index (χ2n) is 5.53. The number of fused-ring (bicyclic) bond motifs is 1. The maximum Gasteiger partial charge on any atom is 0.266 e. The zero-order valence-corrected chi connectivity index (χ0v) is 11.5. The highest BCUT2D eigenvalue weighted by Crippen LogP contribution is 2.37. The van der Waals surface area contributed by atoms with Crippen molar-refractivity contribution in [2.75, 3.05) is 26.2 Å². The van der Waals surface area contributed by atoms with E-state index in [0.717, 1.165) is 31.9 Å². The van der Waals surface area contributed by atoms with Gasteiger partial charge in [0.1, 0.15) is 0 Å². The van der Waals surface area contributed by atoms with Gasteiger partial charge in [0.15, 0.2) is 0 Å². The van der Waals surface area contributed by atoms with Crippen LogP contribution in [-0.2, 0) is 0 Å². The number of nitrogens with zero attached hydrogens (tertiary/aromatic N) is 3. The molecular formula is C14H18N4O2. The first-order chi connectivity index (χ1) is 9.61. The molecule has 1 saturated heterocycles. The Labute approximate surface area is 117 Å². The number of nitrogens with one attached hydrogen (secondary N) is 1. The quantitative estimate of drug-likeness (QED) is 0.601. The fourth-order valence-corrected chi connectivity index (χ4v) is 3.17. The van der Waals surface area contributed by atoms with Crippen molar-refractivity contribution < 1.29 is 4.92 Å². The fraction of sp³-hybridized carbons (Fsp3) is 0.500. The summed E-state index contributed by atoms with van der Waals surface area (Å²) in [6.45, 7) is 5.84. The summed E-state index contributed by atoms with van der Waals surface area (Å²) in [7, 11) is 0. The van der Waals surface area contributed by atoms with Crippen molar-refractivity contribution in [1.82, 2.24) is 10.2 Å². The van der Waals surface area contributed by atoms with Gasteiger partial charge in [0.25, 0.3) is 5.70 Å². The first kappa shape index (κ1) is 13.2. The van der Waals surface area contributed by atoms with Crippen LogP contribution >= 0.6 is 0 Å². The fourth-order valence-electron chi connectivity index (χ4n) is 3.17. The lowest BCUT2D eigenvalue weighted by atomic mass is 9.72. The van der Waals surface area contributed by atoms with Crippen LogP contribution in [0.4, 0.5) is 0 Å². The third-order valence-corrected chi connectivity index (χ3v) is 4.26. The first-order valence-corrected chi connectivity index (χ1v) is 6.86. The summed E-state index contributed by atoms with van der Waals surface area (Å²) < 4.78 is 0. The Morgan fingerprint density at radius 3 is 2.90 bits per heavy atom. The zero-order chi connectivity index (χ0) is 14.2. The zero-order valence-electron chi connectivity index (χ0n) is 11.5. The molecule has 2 heterocycles. The molecule has 0 spiro atoms. The molecule has 6 heteroatoms. The molecule has 0 aromatic carbocycles. The molecule has 1 N–H and O–H groups in total. The summed E-state index contributed by atoms with van der Waals surface area (Å²) >= 11 is 0. The Hall–Kier alpha value is -1.79. The lowest BCUT2D eigenvalue weighted by Crippen LogP contribution is -2.55. The molecule has 2 aliphatic heterocycles. The number of hydrogen-bond acceptors (Lipinski definition) is 5. The molecule has 0 aromatic rings. The molecule has 1 aliphatic carbocycles. The van der Waals surface area contributed by atoms with Crippen LogP contribution < -0.4 is 5.32 Å². The van der Waals surface area contributed by atoms with E-state index in [0.29, 0.717) is 0 Å². The lowest BCUT2D eigenvalue weighted by molar-refractivity contribution is -0.419. The average molecular weight is 274 g/mol. The molecule has 0 aromatic heterocycles. The summed E-state index contributed by atoms with van der Waals surface area (Å²) in [6.07, 6.45) is 8.94. The standard InChI is InChI=1S/C14H18N4O2/c1-14-10-11(18(19)20)2-3-12(14)16-5-4-13(14)17-8-6-15-7-9-17/h2-5,10,13,15H,6-9H2,1H3. The van der Waals surface area contributed by atoms with Crippen LogP contribution in [0, 0.1) is 15.5 Å². The van der Waals surface area contributed by atoms with Crippen molar-refractivity contribution in [1.29, 1.82) is 0 Å². The van der Waals surface area contributed by atoms with Gasteiger partial charge < -0.3 is 5.32 Å². The van der Waals surface area contributed by atoms with Crippen LogP contribution in [0.5, 0.6) is 0 Å². The van der Waals surface area contributed by atoms with Crippen LogP contribution in [0.3, 0.4) is 0 Å². The number of rotatable bonds is 2. The molecule has 20 heavy (non-hydrogen) atoms. The normalized spacial score (nSPS) is 33.4. The minimum Gasteiger partial charge on any atom is -0.314 e. The van der Waals surface area contributed by atoms with E-state index in [9.17, 15) is 10.1 Å². The van der Waals surface area contributed by atoms with E-state index in [-0.39, 0.29) is 16.7 Å². The highest BCUT2D eigenvalue weighted by atomic mass is 16.6.